The largest absolute Gasteiger partial charge is 0.234 e. The van der Waals surface area contributed by atoms with E-state index >= 15 is 0 Å². The molecule has 0 aromatic carbocycles. The van der Waals surface area contributed by atoms with Gasteiger partial charge in [0.15, 0.2) is 5.16 Å². The highest BCUT2D eigenvalue weighted by Crippen LogP contribution is 2.12. The monoisotopic (exact) mass is 172 g/mol. The first-order valence-corrected chi connectivity index (χ1v) is 4.34. The normalized spacial score (nSPS) is 8.80. The predicted molar refractivity (Wildman–Crippen MR) is 40.9 cm³/mol. The summed E-state index contributed by atoms with van der Waals surface area (Å²) in [6, 6.07) is 0. The summed E-state index contributed by atoms with van der Waals surface area (Å²) in [5, 5.41) is 0.719. The molecule has 0 bridgehead atoms. The van der Waals surface area contributed by atoms with E-state index < -0.39 is 0 Å². The van der Waals surface area contributed by atoms with Crippen LogP contribution in [0.25, 0.3) is 0 Å². The van der Waals surface area contributed by atoms with Crippen molar-refractivity contribution in [3.8, 4) is 0 Å². The highest BCUT2D eigenvalue weighted by Gasteiger charge is 1.93. The molecule has 0 radical (unpaired) electrons. The minimum Gasteiger partial charge on any atom is -0.234 e. The topological polar surface area (TPSA) is 42.9 Å². The zero-order chi connectivity index (χ0) is 7.23. The summed E-state index contributed by atoms with van der Waals surface area (Å²) in [6.07, 6.45) is 1.41. The van der Waals surface area contributed by atoms with Crippen LogP contribution >= 0.6 is 23.3 Å². The van der Waals surface area contributed by atoms with Crippen LogP contribution in [0.2, 0.25) is 0 Å². The summed E-state index contributed by atoms with van der Waals surface area (Å²) >= 11 is 2.73. The molecule has 0 aliphatic rings. The lowest BCUT2D eigenvalue weighted by Gasteiger charge is -1.83. The Balaban J connectivity index is 2.34. The first-order chi connectivity index (χ1) is 4.93. The molecule has 0 amide bonds. The lowest BCUT2D eigenvalue weighted by molar-refractivity contribution is 0.568. The molecule has 0 fully saturated rings. The van der Waals surface area contributed by atoms with Crippen molar-refractivity contribution in [3.63, 3.8) is 0 Å². The molecule has 0 spiro atoms. The van der Waals surface area contributed by atoms with E-state index in [1.165, 1.54) is 29.4 Å². The third-order valence-electron chi connectivity index (χ3n) is 0.720. The summed E-state index contributed by atoms with van der Waals surface area (Å²) < 4.78 is 3.93. The molecule has 0 atom stereocenters. The van der Waals surface area contributed by atoms with Crippen LogP contribution in [0.4, 0.5) is 0 Å². The number of rotatable bonds is 3. The maximum atomic E-state index is 9.70. The van der Waals surface area contributed by atoms with Gasteiger partial charge >= 0.3 is 0 Å². The van der Waals surface area contributed by atoms with Crippen LogP contribution in [-0.4, -0.2) is 21.1 Å². The van der Waals surface area contributed by atoms with Crippen LogP contribution in [-0.2, 0) is 4.79 Å². The fourth-order valence-corrected chi connectivity index (χ4v) is 1.54. The second-order valence-electron chi connectivity index (χ2n) is 1.35. The van der Waals surface area contributed by atoms with Crippen LogP contribution in [0.5, 0.6) is 0 Å². The van der Waals surface area contributed by atoms with Gasteiger partial charge in [-0.05, 0) is 11.5 Å². The average molecular weight is 172 g/mol. The van der Waals surface area contributed by atoms with E-state index in [2.05, 4.69) is 9.36 Å². The smallest absolute Gasteiger partial charge is 0.200 e. The number of carbonyl (C=O) groups excluding carboxylic acids is 1. The van der Waals surface area contributed by atoms with Gasteiger partial charge in [0.2, 0.25) is 0 Å². The van der Waals surface area contributed by atoms with Crippen LogP contribution in [0.3, 0.4) is 0 Å². The van der Waals surface area contributed by atoms with Gasteiger partial charge in [-0.15, -0.1) is 0 Å². The van der Waals surface area contributed by atoms with Gasteiger partial charge in [0.25, 0.3) is 0 Å². The Kier molecular flexibility index (Phi) is 3.15. The molecule has 0 saturated heterocycles. The van der Waals surface area contributed by atoms with Crippen LogP contribution < -0.4 is 0 Å². The minimum absolute atomic E-state index is 0.597. The molecule has 1 aromatic rings. The first kappa shape index (κ1) is 7.47. The van der Waals surface area contributed by atoms with Gasteiger partial charge in [0, 0.05) is 11.8 Å². The summed E-state index contributed by atoms with van der Waals surface area (Å²) in [7, 11) is 0. The quantitative estimate of drug-likeness (QED) is 0.504. The lowest BCUT2D eigenvalue weighted by Crippen LogP contribution is -1.74. The molecule has 0 aliphatic heterocycles. The molecule has 3 nitrogen and oxygen atoms in total. The maximum absolute atomic E-state index is 9.70. The Hall–Kier alpha value is -0.640. The van der Waals surface area contributed by atoms with Crippen molar-refractivity contribution >= 4 is 29.2 Å². The van der Waals surface area contributed by atoms with Gasteiger partial charge in [-0.1, -0.05) is 11.8 Å². The number of aromatic nitrogens is 2. The maximum Gasteiger partial charge on any atom is 0.200 e. The van der Waals surface area contributed by atoms with Crippen molar-refractivity contribution in [3.05, 3.63) is 11.6 Å². The summed E-state index contributed by atoms with van der Waals surface area (Å²) in [6.45, 7) is 0. The van der Waals surface area contributed by atoms with Gasteiger partial charge in [-0.3, -0.25) is 0 Å². The van der Waals surface area contributed by atoms with E-state index in [0.29, 0.717) is 5.75 Å². The van der Waals surface area contributed by atoms with Crippen molar-refractivity contribution in [2.24, 2.45) is 0 Å². The van der Waals surface area contributed by atoms with Crippen molar-refractivity contribution in [2.75, 3.05) is 5.75 Å². The second kappa shape index (κ2) is 4.22. The number of hydrogen-bond donors (Lipinski definition) is 0. The Morgan fingerprint density at radius 2 is 2.80 bits per heavy atom. The predicted octanol–water partition coefficient (Wildman–Crippen LogP) is 1.02. The Morgan fingerprint density at radius 1 is 1.90 bits per heavy atom. The standard InChI is InChI=1S/C5H4N2OS2/c8-2-1-3-9-5-6-4-10-7-5/h1,4H,3H2. The lowest BCUT2D eigenvalue weighted by atomic mass is 10.8. The number of thioether (sulfide) groups is 1. The van der Waals surface area contributed by atoms with Gasteiger partial charge in [0.1, 0.15) is 11.5 Å². The summed E-state index contributed by atoms with van der Waals surface area (Å²) in [5.41, 5.74) is 1.66. The van der Waals surface area contributed by atoms with E-state index in [0.717, 1.165) is 5.16 Å². The molecule has 1 heterocycles. The molecule has 1 aromatic heterocycles. The second-order valence-corrected chi connectivity index (χ2v) is 2.94. The van der Waals surface area contributed by atoms with Gasteiger partial charge in [-0.25, -0.2) is 9.78 Å². The van der Waals surface area contributed by atoms with E-state index in [4.69, 9.17) is 0 Å². The molecule has 0 saturated carbocycles. The third kappa shape index (κ3) is 2.31. The van der Waals surface area contributed by atoms with Gasteiger partial charge in [0.05, 0.1) is 0 Å². The zero-order valence-electron chi connectivity index (χ0n) is 4.98. The number of nitrogens with zero attached hydrogens (tertiary/aromatic N) is 2. The molecule has 0 unspecified atom stereocenters. The highest BCUT2D eigenvalue weighted by atomic mass is 32.2. The molecule has 52 valence electrons. The summed E-state index contributed by atoms with van der Waals surface area (Å²) in [5.74, 6) is 2.28. The van der Waals surface area contributed by atoms with E-state index in [-0.39, 0.29) is 0 Å². The van der Waals surface area contributed by atoms with Gasteiger partial charge in [-0.2, -0.15) is 4.37 Å². The molecule has 10 heavy (non-hydrogen) atoms. The average Bonchev–Trinajstić information content (AvgIpc) is 2.41. The molecular formula is C5H4N2OS2. The fraction of sp³-hybridized carbons (Fsp3) is 0.200. The van der Waals surface area contributed by atoms with Crippen molar-refractivity contribution < 1.29 is 4.79 Å². The molecule has 0 N–H and O–H groups in total. The summed E-state index contributed by atoms with van der Waals surface area (Å²) in [4.78, 5) is 13.6. The van der Waals surface area contributed by atoms with Crippen molar-refractivity contribution in [1.82, 2.24) is 9.36 Å². The van der Waals surface area contributed by atoms with Crippen LogP contribution in [0.1, 0.15) is 0 Å². The fourth-order valence-electron chi connectivity index (χ4n) is 0.375. The van der Waals surface area contributed by atoms with Crippen molar-refractivity contribution in [2.45, 2.75) is 5.16 Å². The highest BCUT2D eigenvalue weighted by molar-refractivity contribution is 7.99. The van der Waals surface area contributed by atoms with E-state index in [9.17, 15) is 4.79 Å². The van der Waals surface area contributed by atoms with Crippen molar-refractivity contribution in [1.29, 1.82) is 0 Å². The first-order valence-electron chi connectivity index (χ1n) is 2.52. The Morgan fingerprint density at radius 3 is 3.40 bits per heavy atom. The Labute approximate surface area is 66.3 Å². The molecule has 5 heteroatoms. The Bertz CT molecular complexity index is 228. The molecule has 0 aliphatic carbocycles. The van der Waals surface area contributed by atoms with Crippen LogP contribution in [0, 0.1) is 0 Å². The minimum atomic E-state index is 0.597. The van der Waals surface area contributed by atoms with Crippen LogP contribution in [0.15, 0.2) is 16.7 Å². The van der Waals surface area contributed by atoms with E-state index in [1.54, 1.807) is 11.5 Å². The third-order valence-corrected chi connectivity index (χ3v) is 2.10. The van der Waals surface area contributed by atoms with E-state index in [1.807, 2.05) is 0 Å². The molecule has 1 rings (SSSR count). The molecular weight excluding hydrogens is 168 g/mol. The van der Waals surface area contributed by atoms with Gasteiger partial charge < -0.3 is 0 Å². The number of hydrogen-bond acceptors (Lipinski definition) is 5. The SMILES string of the molecule is O=C=CCSc1ncsn1. The zero-order valence-corrected chi connectivity index (χ0v) is 6.61.